The van der Waals surface area contributed by atoms with Gasteiger partial charge in [-0.15, -0.1) is 22.6 Å². The van der Waals surface area contributed by atoms with Crippen LogP contribution >= 0.6 is 12.4 Å². The fourth-order valence-corrected chi connectivity index (χ4v) is 2.24. The van der Waals surface area contributed by atoms with Crippen LogP contribution in [0.4, 0.5) is 0 Å². The van der Waals surface area contributed by atoms with Gasteiger partial charge in [-0.2, -0.15) is 4.80 Å². The molecule has 1 amide bonds. The van der Waals surface area contributed by atoms with Crippen molar-refractivity contribution in [2.45, 2.75) is 38.8 Å². The number of carbonyl (C=O) groups excluding carboxylic acids is 1. The lowest BCUT2D eigenvalue weighted by Crippen LogP contribution is -2.53. The van der Waals surface area contributed by atoms with E-state index in [4.69, 9.17) is 5.73 Å². The van der Waals surface area contributed by atoms with Gasteiger partial charge in [0.25, 0.3) is 0 Å². The molecule has 3 N–H and O–H groups in total. The van der Waals surface area contributed by atoms with E-state index in [0.29, 0.717) is 12.4 Å². The van der Waals surface area contributed by atoms with Crippen molar-refractivity contribution in [1.82, 2.24) is 25.5 Å². The number of carbonyl (C=O) groups is 1. The van der Waals surface area contributed by atoms with Crippen LogP contribution in [0.25, 0.3) is 11.4 Å². The van der Waals surface area contributed by atoms with Gasteiger partial charge in [0.2, 0.25) is 11.7 Å². The highest BCUT2D eigenvalue weighted by Crippen LogP contribution is 2.14. The summed E-state index contributed by atoms with van der Waals surface area (Å²) >= 11 is 0. The van der Waals surface area contributed by atoms with Crippen LogP contribution in [0.2, 0.25) is 0 Å². The zero-order valence-corrected chi connectivity index (χ0v) is 14.2. The minimum atomic E-state index is -0.361. The van der Waals surface area contributed by atoms with Gasteiger partial charge in [-0.1, -0.05) is 44.2 Å². The molecule has 0 saturated heterocycles. The Morgan fingerprint density at radius 3 is 2.48 bits per heavy atom. The van der Waals surface area contributed by atoms with Gasteiger partial charge in [-0.05, 0) is 18.1 Å². The molecule has 8 heteroatoms. The van der Waals surface area contributed by atoms with Crippen LogP contribution in [0.3, 0.4) is 0 Å². The van der Waals surface area contributed by atoms with Crippen LogP contribution in [0, 0.1) is 0 Å². The number of aromatic nitrogens is 4. The Bertz CT molecular complexity index is 603. The van der Waals surface area contributed by atoms with Crippen LogP contribution in [0.15, 0.2) is 30.3 Å². The van der Waals surface area contributed by atoms with Crippen LogP contribution < -0.4 is 11.1 Å². The highest BCUT2D eigenvalue weighted by atomic mass is 35.5. The molecule has 0 aliphatic carbocycles. The third-order valence-corrected chi connectivity index (χ3v) is 3.92. The molecule has 126 valence electrons. The highest BCUT2D eigenvalue weighted by molar-refractivity contribution is 5.85. The smallest absolute Gasteiger partial charge is 0.244 e. The second kappa shape index (κ2) is 8.59. The number of nitrogens with two attached hydrogens (primary N) is 1. The second-order valence-corrected chi connectivity index (χ2v) is 5.25. The standard InChI is InChI=1S/C15H22N6O.ClH/c1-3-15(4-2,11-16)17-13(22)10-21-19-14(18-20-21)12-8-6-5-7-9-12;/h5-9H,3-4,10-11,16H2,1-2H3,(H,17,22);1H. The number of halogens is 1. The van der Waals surface area contributed by atoms with Gasteiger partial charge in [-0.3, -0.25) is 4.79 Å². The minimum absolute atomic E-state index is 0. The maximum atomic E-state index is 12.2. The molecular weight excluding hydrogens is 316 g/mol. The summed E-state index contributed by atoms with van der Waals surface area (Å²) in [6.07, 6.45) is 1.57. The van der Waals surface area contributed by atoms with Crippen molar-refractivity contribution in [3.05, 3.63) is 30.3 Å². The van der Waals surface area contributed by atoms with Gasteiger partial charge in [0, 0.05) is 12.1 Å². The Labute approximate surface area is 142 Å². The maximum Gasteiger partial charge on any atom is 0.244 e. The summed E-state index contributed by atoms with van der Waals surface area (Å²) in [7, 11) is 0. The summed E-state index contributed by atoms with van der Waals surface area (Å²) in [5, 5.41) is 15.1. The molecule has 0 radical (unpaired) electrons. The summed E-state index contributed by atoms with van der Waals surface area (Å²) in [6, 6.07) is 9.52. The fourth-order valence-electron chi connectivity index (χ4n) is 2.24. The van der Waals surface area contributed by atoms with E-state index in [1.165, 1.54) is 4.80 Å². The highest BCUT2D eigenvalue weighted by Gasteiger charge is 2.26. The van der Waals surface area contributed by atoms with E-state index in [9.17, 15) is 4.79 Å². The van der Waals surface area contributed by atoms with Crippen LogP contribution in [0.5, 0.6) is 0 Å². The summed E-state index contributed by atoms with van der Waals surface area (Å²) in [5.41, 5.74) is 6.29. The number of nitrogens with one attached hydrogen (secondary N) is 1. The first-order valence-electron chi connectivity index (χ1n) is 7.46. The third-order valence-electron chi connectivity index (χ3n) is 3.92. The number of benzene rings is 1. The molecule has 1 aromatic carbocycles. The second-order valence-electron chi connectivity index (χ2n) is 5.25. The normalized spacial score (nSPS) is 10.9. The zero-order valence-electron chi connectivity index (χ0n) is 13.4. The van der Waals surface area contributed by atoms with Crippen molar-refractivity contribution in [3.8, 4) is 11.4 Å². The van der Waals surface area contributed by atoms with E-state index < -0.39 is 0 Å². The number of hydrogen-bond acceptors (Lipinski definition) is 5. The van der Waals surface area contributed by atoms with E-state index in [0.717, 1.165) is 18.4 Å². The van der Waals surface area contributed by atoms with E-state index >= 15 is 0 Å². The molecule has 2 rings (SSSR count). The number of amides is 1. The Balaban J connectivity index is 0.00000264. The van der Waals surface area contributed by atoms with Gasteiger partial charge in [0.15, 0.2) is 0 Å². The Morgan fingerprint density at radius 1 is 1.26 bits per heavy atom. The molecule has 7 nitrogen and oxygen atoms in total. The van der Waals surface area contributed by atoms with E-state index in [1.807, 2.05) is 44.2 Å². The zero-order chi connectivity index (χ0) is 16.0. The van der Waals surface area contributed by atoms with E-state index in [2.05, 4.69) is 20.7 Å². The molecule has 0 spiro atoms. The molecule has 1 aromatic heterocycles. The van der Waals surface area contributed by atoms with Crippen LogP contribution in [-0.4, -0.2) is 38.2 Å². The number of hydrogen-bond donors (Lipinski definition) is 2. The van der Waals surface area contributed by atoms with Crippen molar-refractivity contribution in [3.63, 3.8) is 0 Å². The molecule has 0 fully saturated rings. The first-order valence-corrected chi connectivity index (χ1v) is 7.46. The van der Waals surface area contributed by atoms with Gasteiger partial charge in [0.1, 0.15) is 6.54 Å². The summed E-state index contributed by atoms with van der Waals surface area (Å²) in [5.74, 6) is 0.343. The predicted molar refractivity (Wildman–Crippen MR) is 91.0 cm³/mol. The van der Waals surface area contributed by atoms with E-state index in [-0.39, 0.29) is 30.4 Å². The molecule has 1 heterocycles. The lowest BCUT2D eigenvalue weighted by atomic mass is 9.93. The minimum Gasteiger partial charge on any atom is -0.348 e. The first kappa shape index (κ1) is 19.1. The Hall–Kier alpha value is -1.99. The molecule has 0 atom stereocenters. The van der Waals surface area contributed by atoms with Crippen LogP contribution in [0.1, 0.15) is 26.7 Å². The summed E-state index contributed by atoms with van der Waals surface area (Å²) < 4.78 is 0. The SMILES string of the molecule is CCC(CC)(CN)NC(=O)Cn1nnc(-c2ccccc2)n1.Cl. The van der Waals surface area contributed by atoms with Crippen molar-refractivity contribution < 1.29 is 4.79 Å². The molecule has 2 aromatic rings. The van der Waals surface area contributed by atoms with Gasteiger partial charge < -0.3 is 11.1 Å². The Kier molecular flexibility index (Phi) is 7.12. The number of rotatable bonds is 7. The first-order chi connectivity index (χ1) is 10.6. The van der Waals surface area contributed by atoms with E-state index in [1.54, 1.807) is 0 Å². The fraction of sp³-hybridized carbons (Fsp3) is 0.467. The molecule has 0 aliphatic rings. The van der Waals surface area contributed by atoms with Gasteiger partial charge in [0.05, 0.1) is 5.54 Å². The quantitative estimate of drug-likeness (QED) is 0.795. The molecule has 0 unspecified atom stereocenters. The molecular formula is C15H23ClN6O. The monoisotopic (exact) mass is 338 g/mol. The average Bonchev–Trinajstić information content (AvgIpc) is 3.02. The van der Waals surface area contributed by atoms with Crippen molar-refractivity contribution in [2.75, 3.05) is 6.54 Å². The number of tetrazole rings is 1. The lowest BCUT2D eigenvalue weighted by Gasteiger charge is -2.31. The molecule has 0 saturated carbocycles. The van der Waals surface area contributed by atoms with Crippen molar-refractivity contribution in [2.24, 2.45) is 5.73 Å². The Morgan fingerprint density at radius 2 is 1.91 bits per heavy atom. The maximum absolute atomic E-state index is 12.2. The van der Waals surface area contributed by atoms with Gasteiger partial charge >= 0.3 is 0 Å². The number of nitrogens with zero attached hydrogens (tertiary/aromatic N) is 4. The predicted octanol–water partition coefficient (Wildman–Crippen LogP) is 1.40. The molecule has 0 bridgehead atoms. The van der Waals surface area contributed by atoms with Crippen molar-refractivity contribution in [1.29, 1.82) is 0 Å². The van der Waals surface area contributed by atoms with Crippen molar-refractivity contribution >= 4 is 18.3 Å². The van der Waals surface area contributed by atoms with Gasteiger partial charge in [-0.25, -0.2) is 0 Å². The summed E-state index contributed by atoms with van der Waals surface area (Å²) in [4.78, 5) is 13.5. The topological polar surface area (TPSA) is 98.7 Å². The average molecular weight is 339 g/mol. The van der Waals surface area contributed by atoms with Crippen LogP contribution in [-0.2, 0) is 11.3 Å². The largest absolute Gasteiger partial charge is 0.348 e. The molecule has 23 heavy (non-hydrogen) atoms. The molecule has 0 aliphatic heterocycles. The third kappa shape index (κ3) is 4.74. The lowest BCUT2D eigenvalue weighted by molar-refractivity contribution is -0.124. The summed E-state index contributed by atoms with van der Waals surface area (Å²) in [6.45, 7) is 4.46.